The van der Waals surface area contributed by atoms with Crippen LogP contribution in [0.5, 0.6) is 0 Å². The average Bonchev–Trinajstić information content (AvgIpc) is 3.25. The maximum absolute atomic E-state index is 13.0. The first-order valence-corrected chi connectivity index (χ1v) is 7.43. The first-order chi connectivity index (χ1) is 9.44. The minimum atomic E-state index is -0.923. The maximum Gasteiger partial charge on any atom is 0.230 e. The lowest BCUT2D eigenvalue weighted by Gasteiger charge is -2.28. The quantitative estimate of drug-likeness (QED) is 0.793. The van der Waals surface area contributed by atoms with Gasteiger partial charge in [0.15, 0.2) is 11.6 Å². The molecule has 0 aliphatic heterocycles. The fraction of sp³-hybridized carbons (Fsp3) is 0.500. The maximum atomic E-state index is 13.0. The van der Waals surface area contributed by atoms with E-state index in [1.54, 1.807) is 0 Å². The molecule has 1 unspecified atom stereocenters. The number of hydrogen-bond acceptors (Lipinski definition) is 3. The van der Waals surface area contributed by atoms with Crippen molar-refractivity contribution in [3.05, 3.63) is 29.8 Å². The Morgan fingerprint density at radius 3 is 2.70 bits per heavy atom. The molecule has 1 aromatic rings. The Labute approximate surface area is 120 Å². The number of rotatable bonds is 6. The Bertz CT molecular complexity index is 508. The van der Waals surface area contributed by atoms with Gasteiger partial charge in [-0.2, -0.15) is 0 Å². The van der Waals surface area contributed by atoms with Gasteiger partial charge in [-0.3, -0.25) is 4.79 Å². The van der Waals surface area contributed by atoms with Gasteiger partial charge in [-0.05, 0) is 43.9 Å². The number of aliphatic hydroxyl groups excluding tert-OH is 1. The van der Waals surface area contributed by atoms with Gasteiger partial charge in [-0.15, -0.1) is 11.8 Å². The highest BCUT2D eigenvalue weighted by Gasteiger charge is 2.42. The predicted octanol–water partition coefficient (Wildman–Crippen LogP) is 2.33. The number of benzene rings is 1. The van der Waals surface area contributed by atoms with E-state index in [9.17, 15) is 18.7 Å². The molecule has 1 fully saturated rings. The minimum Gasteiger partial charge on any atom is -0.394 e. The topological polar surface area (TPSA) is 49.3 Å². The number of nitrogens with one attached hydrogen (secondary N) is 1. The Hall–Kier alpha value is -1.14. The van der Waals surface area contributed by atoms with Crippen molar-refractivity contribution in [1.29, 1.82) is 0 Å². The zero-order valence-electron chi connectivity index (χ0n) is 11.2. The van der Waals surface area contributed by atoms with Crippen molar-refractivity contribution >= 4 is 17.7 Å². The van der Waals surface area contributed by atoms with Crippen molar-refractivity contribution in [2.24, 2.45) is 5.92 Å². The van der Waals surface area contributed by atoms with Gasteiger partial charge in [0.05, 0.1) is 17.9 Å². The molecule has 0 aromatic heterocycles. The average molecular weight is 301 g/mol. The van der Waals surface area contributed by atoms with Gasteiger partial charge in [0, 0.05) is 4.90 Å². The summed E-state index contributed by atoms with van der Waals surface area (Å²) in [7, 11) is 0. The summed E-state index contributed by atoms with van der Waals surface area (Å²) in [5.74, 6) is -1.62. The second-order valence-electron chi connectivity index (χ2n) is 5.26. The number of thioether (sulfide) groups is 1. The first kappa shape index (κ1) is 15.3. The second kappa shape index (κ2) is 6.10. The number of halogens is 2. The lowest BCUT2D eigenvalue weighted by Crippen LogP contribution is -2.51. The Balaban J connectivity index is 1.87. The fourth-order valence-electron chi connectivity index (χ4n) is 2.06. The lowest BCUT2D eigenvalue weighted by atomic mass is 9.97. The van der Waals surface area contributed by atoms with Gasteiger partial charge in [0.25, 0.3) is 0 Å². The smallest absolute Gasteiger partial charge is 0.230 e. The summed E-state index contributed by atoms with van der Waals surface area (Å²) in [6.45, 7) is 1.73. The van der Waals surface area contributed by atoms with E-state index in [-0.39, 0.29) is 18.3 Å². The van der Waals surface area contributed by atoms with Crippen LogP contribution < -0.4 is 5.32 Å². The van der Waals surface area contributed by atoms with Crippen LogP contribution in [0.25, 0.3) is 0 Å². The number of carbonyl (C=O) groups is 1. The van der Waals surface area contributed by atoms with E-state index in [1.807, 2.05) is 6.92 Å². The van der Waals surface area contributed by atoms with Crippen LogP contribution in [0.15, 0.2) is 23.1 Å². The Kier molecular flexibility index (Phi) is 4.65. The standard InChI is InChI=1S/C14H17F2NO2S/c1-14(8-18,9-2-3-9)17-13(19)7-20-10-4-5-11(15)12(16)6-10/h4-6,9,18H,2-3,7-8H2,1H3,(H,17,19). The number of hydrogen-bond donors (Lipinski definition) is 2. The highest BCUT2D eigenvalue weighted by Crippen LogP contribution is 2.39. The molecule has 2 N–H and O–H groups in total. The zero-order chi connectivity index (χ0) is 14.8. The second-order valence-corrected chi connectivity index (χ2v) is 6.31. The van der Waals surface area contributed by atoms with Crippen LogP contribution in [0, 0.1) is 17.6 Å². The van der Waals surface area contributed by atoms with E-state index < -0.39 is 17.2 Å². The largest absolute Gasteiger partial charge is 0.394 e. The molecule has 0 spiro atoms. The summed E-state index contributed by atoms with van der Waals surface area (Å²) in [5.41, 5.74) is -0.578. The van der Waals surface area contributed by atoms with Crippen LogP contribution in [0.3, 0.4) is 0 Å². The summed E-state index contributed by atoms with van der Waals surface area (Å²) in [5, 5.41) is 12.2. The van der Waals surface area contributed by atoms with E-state index in [4.69, 9.17) is 0 Å². The van der Waals surface area contributed by atoms with E-state index in [0.717, 1.165) is 36.7 Å². The summed E-state index contributed by atoms with van der Waals surface area (Å²) in [4.78, 5) is 12.4. The molecule has 3 nitrogen and oxygen atoms in total. The van der Waals surface area contributed by atoms with Crippen LogP contribution in [-0.4, -0.2) is 28.9 Å². The van der Waals surface area contributed by atoms with Gasteiger partial charge in [0.2, 0.25) is 5.91 Å². The molecule has 6 heteroatoms. The first-order valence-electron chi connectivity index (χ1n) is 6.44. The third kappa shape index (κ3) is 3.70. The van der Waals surface area contributed by atoms with Gasteiger partial charge < -0.3 is 10.4 Å². The molecule has 0 radical (unpaired) electrons. The van der Waals surface area contributed by atoms with Gasteiger partial charge in [0.1, 0.15) is 0 Å². The summed E-state index contributed by atoms with van der Waals surface area (Å²) in [6.07, 6.45) is 2.02. The summed E-state index contributed by atoms with van der Waals surface area (Å²) < 4.78 is 25.8. The Morgan fingerprint density at radius 1 is 1.45 bits per heavy atom. The van der Waals surface area contributed by atoms with Crippen molar-refractivity contribution in [3.63, 3.8) is 0 Å². The zero-order valence-corrected chi connectivity index (χ0v) is 12.0. The van der Waals surface area contributed by atoms with Crippen molar-refractivity contribution in [2.75, 3.05) is 12.4 Å². The highest BCUT2D eigenvalue weighted by molar-refractivity contribution is 8.00. The van der Waals surface area contributed by atoms with Crippen LogP contribution >= 0.6 is 11.8 Å². The van der Waals surface area contributed by atoms with Crippen molar-refractivity contribution < 1.29 is 18.7 Å². The molecule has 1 atom stereocenters. The van der Waals surface area contributed by atoms with Gasteiger partial charge >= 0.3 is 0 Å². The van der Waals surface area contributed by atoms with E-state index in [1.165, 1.54) is 6.07 Å². The molecule has 1 amide bonds. The SMILES string of the molecule is CC(CO)(NC(=O)CSc1ccc(F)c(F)c1)C1CC1. The number of carbonyl (C=O) groups excluding carboxylic acids is 1. The third-order valence-electron chi connectivity index (χ3n) is 3.49. The third-order valence-corrected chi connectivity index (χ3v) is 4.49. The fourth-order valence-corrected chi connectivity index (χ4v) is 2.78. The van der Waals surface area contributed by atoms with E-state index in [2.05, 4.69) is 5.32 Å². The molecule has 110 valence electrons. The van der Waals surface area contributed by atoms with Crippen LogP contribution in [-0.2, 0) is 4.79 Å². The summed E-state index contributed by atoms with van der Waals surface area (Å²) >= 11 is 1.13. The van der Waals surface area contributed by atoms with E-state index >= 15 is 0 Å². The molecular weight excluding hydrogens is 284 g/mol. The number of aliphatic hydroxyl groups is 1. The molecule has 0 bridgehead atoms. The molecule has 1 aliphatic rings. The van der Waals surface area contributed by atoms with Crippen LogP contribution in [0.2, 0.25) is 0 Å². The normalized spacial score (nSPS) is 17.6. The molecule has 20 heavy (non-hydrogen) atoms. The van der Waals surface area contributed by atoms with Crippen molar-refractivity contribution in [1.82, 2.24) is 5.32 Å². The lowest BCUT2D eigenvalue weighted by molar-refractivity contribution is -0.121. The van der Waals surface area contributed by atoms with Crippen LogP contribution in [0.4, 0.5) is 8.78 Å². The number of amides is 1. The molecular formula is C14H17F2NO2S. The monoisotopic (exact) mass is 301 g/mol. The summed E-state index contributed by atoms with van der Waals surface area (Å²) in [6, 6.07) is 3.54. The molecule has 0 saturated heterocycles. The van der Waals surface area contributed by atoms with Gasteiger partial charge in [-0.25, -0.2) is 8.78 Å². The molecule has 1 aliphatic carbocycles. The molecule has 1 aromatic carbocycles. The Morgan fingerprint density at radius 2 is 2.15 bits per heavy atom. The van der Waals surface area contributed by atoms with E-state index in [0.29, 0.717) is 10.8 Å². The predicted molar refractivity (Wildman–Crippen MR) is 73.4 cm³/mol. The minimum absolute atomic E-state index is 0.0980. The highest BCUT2D eigenvalue weighted by atomic mass is 32.2. The van der Waals surface area contributed by atoms with Crippen LogP contribution in [0.1, 0.15) is 19.8 Å². The van der Waals surface area contributed by atoms with Gasteiger partial charge in [-0.1, -0.05) is 0 Å². The van der Waals surface area contributed by atoms with Crippen molar-refractivity contribution in [2.45, 2.75) is 30.2 Å². The molecule has 2 rings (SSSR count). The molecule has 0 heterocycles. The molecule has 1 saturated carbocycles. The van der Waals surface area contributed by atoms with Crippen molar-refractivity contribution in [3.8, 4) is 0 Å².